The third kappa shape index (κ3) is 4.45. The predicted octanol–water partition coefficient (Wildman–Crippen LogP) is 3.05. The standard InChI is InChI=1S/C18H15ClN4O2/c19-16-5-6-17(24)15(10-16)11-20-22-18(25)14-4-1-3-13(9-14)12-23-8-2-7-21-23/h1-11,24H,12H2,(H,22,25)/b20-11-. The Bertz CT molecular complexity index is 907. The van der Waals surface area contributed by atoms with Gasteiger partial charge in [0.15, 0.2) is 0 Å². The highest BCUT2D eigenvalue weighted by Crippen LogP contribution is 2.19. The molecule has 6 nitrogen and oxygen atoms in total. The first-order chi connectivity index (χ1) is 12.1. The molecule has 0 radical (unpaired) electrons. The topological polar surface area (TPSA) is 79.5 Å². The molecule has 3 rings (SSSR count). The molecule has 0 aliphatic carbocycles. The van der Waals surface area contributed by atoms with Gasteiger partial charge in [0.25, 0.3) is 5.91 Å². The fourth-order valence-corrected chi connectivity index (χ4v) is 2.43. The quantitative estimate of drug-likeness (QED) is 0.546. The number of phenolic OH excluding ortho intramolecular Hbond substituents is 1. The van der Waals surface area contributed by atoms with E-state index in [-0.39, 0.29) is 11.7 Å². The summed E-state index contributed by atoms with van der Waals surface area (Å²) in [6.07, 6.45) is 4.90. The van der Waals surface area contributed by atoms with Crippen molar-refractivity contribution in [1.29, 1.82) is 0 Å². The van der Waals surface area contributed by atoms with Crippen LogP contribution < -0.4 is 5.43 Å². The van der Waals surface area contributed by atoms with Gasteiger partial charge in [0.2, 0.25) is 0 Å². The van der Waals surface area contributed by atoms with E-state index in [2.05, 4.69) is 15.6 Å². The summed E-state index contributed by atoms with van der Waals surface area (Å²) in [6.45, 7) is 0.577. The summed E-state index contributed by atoms with van der Waals surface area (Å²) in [5.41, 5.74) is 4.29. The molecule has 3 aromatic rings. The van der Waals surface area contributed by atoms with Crippen molar-refractivity contribution in [2.75, 3.05) is 0 Å². The molecule has 0 atom stereocenters. The van der Waals surface area contributed by atoms with E-state index in [1.807, 2.05) is 18.3 Å². The normalized spacial score (nSPS) is 10.9. The third-order valence-corrected chi connectivity index (χ3v) is 3.69. The zero-order chi connectivity index (χ0) is 17.6. The van der Waals surface area contributed by atoms with Crippen LogP contribution in [0.3, 0.4) is 0 Å². The minimum Gasteiger partial charge on any atom is -0.507 e. The van der Waals surface area contributed by atoms with Crippen molar-refractivity contribution < 1.29 is 9.90 Å². The van der Waals surface area contributed by atoms with E-state index in [0.717, 1.165) is 5.56 Å². The summed E-state index contributed by atoms with van der Waals surface area (Å²) in [5.74, 6) is -0.316. The van der Waals surface area contributed by atoms with E-state index in [0.29, 0.717) is 22.7 Å². The molecular formula is C18H15ClN4O2. The van der Waals surface area contributed by atoms with E-state index < -0.39 is 0 Å². The molecule has 2 aromatic carbocycles. The number of hydrogen-bond acceptors (Lipinski definition) is 4. The number of rotatable bonds is 5. The first kappa shape index (κ1) is 16.7. The number of aromatic nitrogens is 2. The molecule has 0 fully saturated rings. The highest BCUT2D eigenvalue weighted by molar-refractivity contribution is 6.30. The van der Waals surface area contributed by atoms with Gasteiger partial charge in [-0.05, 0) is 42.0 Å². The number of benzene rings is 2. The Morgan fingerprint density at radius 1 is 1.28 bits per heavy atom. The van der Waals surface area contributed by atoms with Crippen molar-refractivity contribution in [1.82, 2.24) is 15.2 Å². The fourth-order valence-electron chi connectivity index (χ4n) is 2.25. The number of halogens is 1. The number of carbonyl (C=O) groups excluding carboxylic acids is 1. The van der Waals surface area contributed by atoms with E-state index in [1.54, 1.807) is 41.2 Å². The van der Waals surface area contributed by atoms with Crippen molar-refractivity contribution in [2.24, 2.45) is 5.10 Å². The minimum absolute atomic E-state index is 0.0311. The van der Waals surface area contributed by atoms with Crippen LogP contribution in [0, 0.1) is 0 Å². The lowest BCUT2D eigenvalue weighted by atomic mass is 10.1. The fraction of sp³-hybridized carbons (Fsp3) is 0.0556. The molecule has 0 saturated heterocycles. The molecule has 126 valence electrons. The van der Waals surface area contributed by atoms with Crippen LogP contribution in [-0.2, 0) is 6.54 Å². The Morgan fingerprint density at radius 3 is 2.96 bits per heavy atom. The molecule has 1 heterocycles. The van der Waals surface area contributed by atoms with Gasteiger partial charge in [0.1, 0.15) is 5.75 Å². The second kappa shape index (κ2) is 7.63. The molecular weight excluding hydrogens is 340 g/mol. The smallest absolute Gasteiger partial charge is 0.271 e. The van der Waals surface area contributed by atoms with Crippen molar-refractivity contribution in [3.8, 4) is 5.75 Å². The lowest BCUT2D eigenvalue weighted by Gasteiger charge is -2.05. The molecule has 1 amide bonds. The molecule has 2 N–H and O–H groups in total. The van der Waals surface area contributed by atoms with Crippen LogP contribution in [0.1, 0.15) is 21.5 Å². The van der Waals surface area contributed by atoms with Gasteiger partial charge in [-0.2, -0.15) is 10.2 Å². The second-order valence-corrected chi connectivity index (χ2v) is 5.74. The van der Waals surface area contributed by atoms with E-state index in [1.165, 1.54) is 12.3 Å². The molecule has 25 heavy (non-hydrogen) atoms. The van der Waals surface area contributed by atoms with Crippen molar-refractivity contribution >= 4 is 23.7 Å². The Balaban J connectivity index is 1.67. The van der Waals surface area contributed by atoms with Crippen molar-refractivity contribution in [2.45, 2.75) is 6.54 Å². The number of hydrogen-bond donors (Lipinski definition) is 2. The van der Waals surface area contributed by atoms with Crippen molar-refractivity contribution in [3.05, 3.63) is 82.6 Å². The third-order valence-electron chi connectivity index (χ3n) is 3.45. The average molecular weight is 355 g/mol. The SMILES string of the molecule is O=C(N/N=C\c1cc(Cl)ccc1O)c1cccc(Cn2cccn2)c1. The van der Waals surface area contributed by atoms with Gasteiger partial charge in [-0.3, -0.25) is 9.48 Å². The molecule has 0 saturated carbocycles. The molecule has 7 heteroatoms. The van der Waals surface area contributed by atoms with Gasteiger partial charge >= 0.3 is 0 Å². The van der Waals surface area contributed by atoms with E-state index in [4.69, 9.17) is 11.6 Å². The maximum Gasteiger partial charge on any atom is 0.271 e. The molecule has 0 bridgehead atoms. The Labute approximate surface area is 149 Å². The highest BCUT2D eigenvalue weighted by atomic mass is 35.5. The van der Waals surface area contributed by atoms with Crippen LogP contribution in [0.15, 0.2) is 66.0 Å². The number of phenols is 1. The largest absolute Gasteiger partial charge is 0.507 e. The van der Waals surface area contributed by atoms with Gasteiger partial charge in [-0.25, -0.2) is 5.43 Å². The van der Waals surface area contributed by atoms with Crippen LogP contribution in [0.2, 0.25) is 5.02 Å². The van der Waals surface area contributed by atoms with Gasteiger partial charge in [0, 0.05) is 28.5 Å². The Morgan fingerprint density at radius 2 is 2.16 bits per heavy atom. The van der Waals surface area contributed by atoms with Crippen molar-refractivity contribution in [3.63, 3.8) is 0 Å². The number of amides is 1. The first-order valence-corrected chi connectivity index (χ1v) is 7.88. The summed E-state index contributed by atoms with van der Waals surface area (Å²) >= 11 is 5.86. The van der Waals surface area contributed by atoms with Crippen LogP contribution >= 0.6 is 11.6 Å². The summed E-state index contributed by atoms with van der Waals surface area (Å²) in [7, 11) is 0. The Kier molecular flexibility index (Phi) is 5.11. The maximum atomic E-state index is 12.2. The summed E-state index contributed by atoms with van der Waals surface area (Å²) < 4.78 is 1.77. The highest BCUT2D eigenvalue weighted by Gasteiger charge is 2.06. The molecule has 0 aliphatic rings. The van der Waals surface area contributed by atoms with Crippen LogP contribution in [0.4, 0.5) is 0 Å². The zero-order valence-corrected chi connectivity index (χ0v) is 13.9. The summed E-state index contributed by atoms with van der Waals surface area (Å²) in [4.78, 5) is 12.2. The lowest BCUT2D eigenvalue weighted by Crippen LogP contribution is -2.18. The summed E-state index contributed by atoms with van der Waals surface area (Å²) in [6, 6.07) is 13.6. The van der Waals surface area contributed by atoms with Gasteiger partial charge in [0.05, 0.1) is 12.8 Å². The molecule has 0 unspecified atom stereocenters. The van der Waals surface area contributed by atoms with Crippen LogP contribution in [-0.4, -0.2) is 27.0 Å². The van der Waals surface area contributed by atoms with Crippen LogP contribution in [0.25, 0.3) is 0 Å². The van der Waals surface area contributed by atoms with Gasteiger partial charge < -0.3 is 5.11 Å². The zero-order valence-electron chi connectivity index (χ0n) is 13.1. The maximum absolute atomic E-state index is 12.2. The molecule has 0 aliphatic heterocycles. The molecule has 0 spiro atoms. The number of aromatic hydroxyl groups is 1. The lowest BCUT2D eigenvalue weighted by molar-refractivity contribution is 0.0955. The van der Waals surface area contributed by atoms with Gasteiger partial charge in [-0.1, -0.05) is 23.7 Å². The number of hydrazone groups is 1. The predicted molar refractivity (Wildman–Crippen MR) is 95.9 cm³/mol. The summed E-state index contributed by atoms with van der Waals surface area (Å²) in [5, 5.41) is 18.2. The minimum atomic E-state index is -0.347. The van der Waals surface area contributed by atoms with Gasteiger partial charge in [-0.15, -0.1) is 0 Å². The van der Waals surface area contributed by atoms with Crippen LogP contribution in [0.5, 0.6) is 5.75 Å². The monoisotopic (exact) mass is 354 g/mol. The Hall–Kier alpha value is -3.12. The number of carbonyl (C=O) groups is 1. The van der Waals surface area contributed by atoms with E-state index in [9.17, 15) is 9.90 Å². The first-order valence-electron chi connectivity index (χ1n) is 7.50. The molecule has 1 aromatic heterocycles. The average Bonchev–Trinajstić information content (AvgIpc) is 3.11. The number of nitrogens with zero attached hydrogens (tertiary/aromatic N) is 3. The van der Waals surface area contributed by atoms with E-state index >= 15 is 0 Å². The second-order valence-electron chi connectivity index (χ2n) is 5.31. The number of nitrogens with one attached hydrogen (secondary N) is 1.